The molecule has 1 aromatic rings. The zero-order valence-corrected chi connectivity index (χ0v) is 10.9. The largest absolute Gasteiger partial charge is 0.508 e. The van der Waals surface area contributed by atoms with E-state index in [0.29, 0.717) is 5.75 Å². The lowest BCUT2D eigenvalue weighted by Crippen LogP contribution is -2.30. The fourth-order valence-electron chi connectivity index (χ4n) is 2.70. The number of rotatable bonds is 5. The van der Waals surface area contributed by atoms with Crippen LogP contribution in [0.5, 0.6) is 11.5 Å². The van der Waals surface area contributed by atoms with Crippen LogP contribution in [0.15, 0.2) is 24.3 Å². The van der Waals surface area contributed by atoms with Gasteiger partial charge in [0.2, 0.25) is 0 Å². The number of phenols is 1. The van der Waals surface area contributed by atoms with Crippen molar-refractivity contribution in [2.75, 3.05) is 6.61 Å². The maximum absolute atomic E-state index is 11.4. The van der Waals surface area contributed by atoms with E-state index in [1.54, 1.807) is 18.2 Å². The summed E-state index contributed by atoms with van der Waals surface area (Å²) in [6.45, 7) is 0.170. The molecule has 0 spiro atoms. The Kier molecular flexibility index (Phi) is 4.66. The minimum Gasteiger partial charge on any atom is -0.508 e. The number of aromatic hydroxyl groups is 1. The Morgan fingerprint density at radius 3 is 2.68 bits per heavy atom. The van der Waals surface area contributed by atoms with Crippen molar-refractivity contribution in [3.8, 4) is 11.5 Å². The van der Waals surface area contributed by atoms with Gasteiger partial charge in [-0.05, 0) is 30.9 Å². The fourth-order valence-corrected chi connectivity index (χ4v) is 2.70. The first-order chi connectivity index (χ1) is 9.16. The van der Waals surface area contributed by atoms with Crippen molar-refractivity contribution >= 4 is 5.97 Å². The SMILES string of the molecule is O=C(O)C(COc1cccc(O)c1)C1CCCCC1. The highest BCUT2D eigenvalue weighted by molar-refractivity contribution is 5.70. The molecule has 19 heavy (non-hydrogen) atoms. The first-order valence-corrected chi connectivity index (χ1v) is 6.81. The number of carbonyl (C=O) groups is 1. The van der Waals surface area contributed by atoms with Gasteiger partial charge in [-0.3, -0.25) is 4.79 Å². The average molecular weight is 264 g/mol. The molecule has 0 radical (unpaired) electrons. The Labute approximate surface area is 113 Å². The van der Waals surface area contributed by atoms with Gasteiger partial charge in [0.05, 0.1) is 5.92 Å². The number of benzene rings is 1. The second-order valence-electron chi connectivity index (χ2n) is 5.15. The molecule has 1 saturated carbocycles. The first-order valence-electron chi connectivity index (χ1n) is 6.81. The van der Waals surface area contributed by atoms with E-state index in [-0.39, 0.29) is 18.3 Å². The van der Waals surface area contributed by atoms with Gasteiger partial charge in [0.15, 0.2) is 0 Å². The van der Waals surface area contributed by atoms with Crippen LogP contribution in [0.4, 0.5) is 0 Å². The van der Waals surface area contributed by atoms with Crippen molar-refractivity contribution in [1.29, 1.82) is 0 Å². The lowest BCUT2D eigenvalue weighted by atomic mass is 9.80. The Hall–Kier alpha value is -1.71. The third-order valence-corrected chi connectivity index (χ3v) is 3.78. The molecule has 4 heteroatoms. The third-order valence-electron chi connectivity index (χ3n) is 3.78. The lowest BCUT2D eigenvalue weighted by molar-refractivity contribution is -0.145. The normalized spacial score (nSPS) is 17.9. The first kappa shape index (κ1) is 13.7. The summed E-state index contributed by atoms with van der Waals surface area (Å²) in [5.74, 6) is -0.387. The molecule has 1 fully saturated rings. The molecule has 0 bridgehead atoms. The minimum absolute atomic E-state index is 0.127. The van der Waals surface area contributed by atoms with E-state index in [2.05, 4.69) is 0 Å². The molecule has 0 saturated heterocycles. The summed E-state index contributed by atoms with van der Waals surface area (Å²) < 4.78 is 5.52. The summed E-state index contributed by atoms with van der Waals surface area (Å²) in [7, 11) is 0. The van der Waals surface area contributed by atoms with Crippen LogP contribution < -0.4 is 4.74 Å². The molecule has 1 unspecified atom stereocenters. The van der Waals surface area contributed by atoms with E-state index in [4.69, 9.17) is 4.74 Å². The van der Waals surface area contributed by atoms with E-state index in [9.17, 15) is 15.0 Å². The van der Waals surface area contributed by atoms with E-state index < -0.39 is 11.9 Å². The predicted molar refractivity (Wildman–Crippen MR) is 71.3 cm³/mol. The zero-order valence-electron chi connectivity index (χ0n) is 10.9. The van der Waals surface area contributed by atoms with Crippen molar-refractivity contribution in [2.45, 2.75) is 32.1 Å². The van der Waals surface area contributed by atoms with Crippen LogP contribution in [-0.4, -0.2) is 22.8 Å². The third kappa shape index (κ3) is 3.88. The molecular formula is C15H20O4. The van der Waals surface area contributed by atoms with E-state index in [0.717, 1.165) is 25.7 Å². The summed E-state index contributed by atoms with van der Waals surface area (Å²) in [6.07, 6.45) is 5.37. The molecule has 0 amide bonds. The highest BCUT2D eigenvalue weighted by Gasteiger charge is 2.29. The topological polar surface area (TPSA) is 66.8 Å². The van der Waals surface area contributed by atoms with Crippen molar-refractivity contribution in [1.82, 2.24) is 0 Å². The smallest absolute Gasteiger partial charge is 0.310 e. The van der Waals surface area contributed by atoms with Gasteiger partial charge in [0.1, 0.15) is 18.1 Å². The van der Waals surface area contributed by atoms with Crippen LogP contribution in [0.1, 0.15) is 32.1 Å². The molecular weight excluding hydrogens is 244 g/mol. The molecule has 4 nitrogen and oxygen atoms in total. The highest BCUT2D eigenvalue weighted by Crippen LogP contribution is 2.31. The highest BCUT2D eigenvalue weighted by atomic mass is 16.5. The van der Waals surface area contributed by atoms with Gasteiger partial charge in [-0.25, -0.2) is 0 Å². The summed E-state index contributed by atoms with van der Waals surface area (Å²) in [6, 6.07) is 6.46. The molecule has 1 aliphatic rings. The zero-order chi connectivity index (χ0) is 13.7. The monoisotopic (exact) mass is 264 g/mol. The number of phenolic OH excluding ortho intramolecular Hbond substituents is 1. The molecule has 1 aliphatic carbocycles. The Morgan fingerprint density at radius 2 is 2.05 bits per heavy atom. The molecule has 2 N–H and O–H groups in total. The van der Waals surface area contributed by atoms with Gasteiger partial charge >= 0.3 is 5.97 Å². The maximum Gasteiger partial charge on any atom is 0.310 e. The van der Waals surface area contributed by atoms with Crippen molar-refractivity contribution < 1.29 is 19.7 Å². The van der Waals surface area contributed by atoms with Crippen LogP contribution in [0.3, 0.4) is 0 Å². The summed E-state index contributed by atoms with van der Waals surface area (Å²) in [5, 5.41) is 18.7. The van der Waals surface area contributed by atoms with Crippen LogP contribution in [0.25, 0.3) is 0 Å². The maximum atomic E-state index is 11.4. The van der Waals surface area contributed by atoms with Crippen LogP contribution in [-0.2, 0) is 4.79 Å². The van der Waals surface area contributed by atoms with Gasteiger partial charge in [-0.1, -0.05) is 25.3 Å². The van der Waals surface area contributed by atoms with Crippen molar-refractivity contribution in [3.05, 3.63) is 24.3 Å². The van der Waals surface area contributed by atoms with Gasteiger partial charge in [0, 0.05) is 6.07 Å². The molecule has 0 heterocycles. The molecule has 0 aromatic heterocycles. The minimum atomic E-state index is -0.785. The molecule has 0 aliphatic heterocycles. The molecule has 104 valence electrons. The molecule has 2 rings (SSSR count). The molecule has 1 aromatic carbocycles. The fraction of sp³-hybridized carbons (Fsp3) is 0.533. The lowest BCUT2D eigenvalue weighted by Gasteiger charge is -2.27. The molecule has 1 atom stereocenters. The number of carboxylic acids is 1. The average Bonchev–Trinajstić information content (AvgIpc) is 2.40. The van der Waals surface area contributed by atoms with Gasteiger partial charge in [-0.2, -0.15) is 0 Å². The van der Waals surface area contributed by atoms with E-state index >= 15 is 0 Å². The second-order valence-corrected chi connectivity index (χ2v) is 5.15. The number of hydrogen-bond donors (Lipinski definition) is 2. The van der Waals surface area contributed by atoms with E-state index in [1.807, 2.05) is 0 Å². The second kappa shape index (κ2) is 6.45. The van der Waals surface area contributed by atoms with Crippen LogP contribution >= 0.6 is 0 Å². The van der Waals surface area contributed by atoms with Gasteiger partial charge in [-0.15, -0.1) is 0 Å². The summed E-state index contributed by atoms with van der Waals surface area (Å²) in [4.78, 5) is 11.4. The van der Waals surface area contributed by atoms with Crippen LogP contribution in [0.2, 0.25) is 0 Å². The summed E-state index contributed by atoms with van der Waals surface area (Å²) >= 11 is 0. The predicted octanol–water partition coefficient (Wildman–Crippen LogP) is 3.05. The van der Waals surface area contributed by atoms with Gasteiger partial charge in [0.25, 0.3) is 0 Å². The van der Waals surface area contributed by atoms with E-state index in [1.165, 1.54) is 12.5 Å². The standard InChI is InChI=1S/C15H20O4/c16-12-7-4-8-13(9-12)19-10-14(15(17)18)11-5-2-1-3-6-11/h4,7-9,11,14,16H,1-3,5-6,10H2,(H,17,18). The van der Waals surface area contributed by atoms with Crippen LogP contribution in [0, 0.1) is 11.8 Å². The van der Waals surface area contributed by atoms with Gasteiger partial charge < -0.3 is 14.9 Å². The number of aliphatic carboxylic acids is 1. The Balaban J connectivity index is 1.95. The summed E-state index contributed by atoms with van der Waals surface area (Å²) in [5.41, 5.74) is 0. The Morgan fingerprint density at radius 1 is 1.32 bits per heavy atom. The quantitative estimate of drug-likeness (QED) is 0.857. The number of ether oxygens (including phenoxy) is 1. The number of carboxylic acid groups (broad SMARTS) is 1. The Bertz CT molecular complexity index is 424. The van der Waals surface area contributed by atoms with Crippen molar-refractivity contribution in [2.24, 2.45) is 11.8 Å². The van der Waals surface area contributed by atoms with Crippen molar-refractivity contribution in [3.63, 3.8) is 0 Å². The number of hydrogen-bond acceptors (Lipinski definition) is 3.